The van der Waals surface area contributed by atoms with Gasteiger partial charge in [-0.15, -0.1) is 5.10 Å². The van der Waals surface area contributed by atoms with E-state index in [-0.39, 0.29) is 0 Å². The van der Waals surface area contributed by atoms with Gasteiger partial charge in [-0.1, -0.05) is 69.4 Å². The number of nitrogens with one attached hydrogen (secondary N) is 1. The maximum Gasteiger partial charge on any atom is 0.180 e. The Balaban J connectivity index is 1.37. The molecule has 0 unspecified atom stereocenters. The average Bonchev–Trinajstić information content (AvgIpc) is 3.56. The number of unbranched alkanes of at least 4 members (excludes halogenated alkanes) is 2. The van der Waals surface area contributed by atoms with Gasteiger partial charge in [0.05, 0.1) is 12.2 Å². The molecule has 0 bridgehead atoms. The van der Waals surface area contributed by atoms with Crippen LogP contribution >= 0.6 is 0 Å². The molecule has 0 atom stereocenters. The molecule has 4 aromatic rings. The predicted molar refractivity (Wildman–Crippen MR) is 131 cm³/mol. The number of aromatic amines is 1. The molecule has 8 nitrogen and oxygen atoms in total. The maximum atomic E-state index is 5.01. The van der Waals surface area contributed by atoms with Gasteiger partial charge in [-0.3, -0.25) is 4.98 Å². The molecular formula is C26H32N8. The lowest BCUT2D eigenvalue weighted by molar-refractivity contribution is 0.426. The van der Waals surface area contributed by atoms with Crippen LogP contribution in [0.1, 0.15) is 81.6 Å². The fourth-order valence-corrected chi connectivity index (χ4v) is 4.82. The Morgan fingerprint density at radius 1 is 1.00 bits per heavy atom. The number of H-pyrrole nitrogens is 1. The third-order valence-corrected chi connectivity index (χ3v) is 6.71. The number of hydrogen-bond donors (Lipinski definition) is 1. The Labute approximate surface area is 200 Å². The quantitative estimate of drug-likeness (QED) is 0.341. The van der Waals surface area contributed by atoms with Gasteiger partial charge in [0.2, 0.25) is 0 Å². The van der Waals surface area contributed by atoms with Gasteiger partial charge in [0, 0.05) is 29.7 Å². The molecule has 1 aliphatic rings. The first-order valence-electron chi connectivity index (χ1n) is 12.5. The first kappa shape index (κ1) is 22.4. The zero-order chi connectivity index (χ0) is 23.2. The fourth-order valence-electron chi connectivity index (χ4n) is 4.82. The van der Waals surface area contributed by atoms with Crippen molar-refractivity contribution in [1.82, 2.24) is 40.4 Å². The van der Waals surface area contributed by atoms with Crippen LogP contribution in [-0.4, -0.2) is 40.4 Å². The number of benzene rings is 1. The molecule has 1 saturated carbocycles. The van der Waals surface area contributed by atoms with Crippen LogP contribution in [0.2, 0.25) is 0 Å². The van der Waals surface area contributed by atoms with Crippen molar-refractivity contribution in [1.29, 1.82) is 0 Å². The third-order valence-electron chi connectivity index (χ3n) is 6.71. The summed E-state index contributed by atoms with van der Waals surface area (Å²) in [6.45, 7) is 2.88. The van der Waals surface area contributed by atoms with Crippen molar-refractivity contribution in [3.05, 3.63) is 59.9 Å². The van der Waals surface area contributed by atoms with Gasteiger partial charge in [0.25, 0.3) is 0 Å². The molecule has 176 valence electrons. The first-order valence-corrected chi connectivity index (χ1v) is 12.5. The van der Waals surface area contributed by atoms with E-state index in [1.165, 1.54) is 44.9 Å². The van der Waals surface area contributed by atoms with Crippen molar-refractivity contribution in [3.8, 4) is 22.5 Å². The highest BCUT2D eigenvalue weighted by Crippen LogP contribution is 2.31. The van der Waals surface area contributed by atoms with Crippen molar-refractivity contribution in [2.45, 2.75) is 77.2 Å². The topological polar surface area (TPSA) is 98.1 Å². The normalized spacial score (nSPS) is 14.5. The lowest BCUT2D eigenvalue weighted by Gasteiger charge is -2.18. The summed E-state index contributed by atoms with van der Waals surface area (Å²) in [6.07, 6.45) is 12.8. The highest BCUT2D eigenvalue weighted by Gasteiger charge is 2.22. The van der Waals surface area contributed by atoms with E-state index in [0.29, 0.717) is 18.3 Å². The van der Waals surface area contributed by atoms with Crippen LogP contribution in [0.4, 0.5) is 0 Å². The second-order valence-electron chi connectivity index (χ2n) is 9.17. The summed E-state index contributed by atoms with van der Waals surface area (Å²) in [4.78, 5) is 9.79. The molecule has 0 amide bonds. The van der Waals surface area contributed by atoms with Crippen molar-refractivity contribution in [2.24, 2.45) is 0 Å². The number of nitrogens with zero attached hydrogens (tertiary/aromatic N) is 7. The second kappa shape index (κ2) is 10.7. The number of rotatable bonds is 9. The van der Waals surface area contributed by atoms with Crippen molar-refractivity contribution in [2.75, 3.05) is 0 Å². The van der Waals surface area contributed by atoms with Gasteiger partial charge in [-0.2, -0.15) is 5.10 Å². The Morgan fingerprint density at radius 3 is 2.59 bits per heavy atom. The highest BCUT2D eigenvalue weighted by atomic mass is 15.5. The first-order chi connectivity index (χ1) is 16.8. The smallest absolute Gasteiger partial charge is 0.180 e. The molecule has 0 spiro atoms. The van der Waals surface area contributed by atoms with Crippen LogP contribution in [0, 0.1) is 0 Å². The van der Waals surface area contributed by atoms with Crippen LogP contribution in [0.25, 0.3) is 22.5 Å². The van der Waals surface area contributed by atoms with E-state index in [2.05, 4.69) is 50.4 Å². The number of tetrazole rings is 1. The lowest BCUT2D eigenvalue weighted by Crippen LogP contribution is -2.09. The SMILES string of the molecule is CCCCCc1nc(C2CCCCC2)nn1Cc1ccc(-c2ccccc2-c2nnn[nH]2)cn1. The molecule has 5 rings (SSSR count). The molecular weight excluding hydrogens is 424 g/mol. The maximum absolute atomic E-state index is 5.01. The summed E-state index contributed by atoms with van der Waals surface area (Å²) < 4.78 is 2.09. The van der Waals surface area contributed by atoms with E-state index in [1.54, 1.807) is 0 Å². The van der Waals surface area contributed by atoms with Crippen molar-refractivity contribution < 1.29 is 0 Å². The number of aryl methyl sites for hydroxylation is 1. The molecule has 8 heteroatoms. The van der Waals surface area contributed by atoms with E-state index in [9.17, 15) is 0 Å². The summed E-state index contributed by atoms with van der Waals surface area (Å²) >= 11 is 0. The summed E-state index contributed by atoms with van der Waals surface area (Å²) in [5.41, 5.74) is 4.01. The Kier molecular flexibility index (Phi) is 7.02. The monoisotopic (exact) mass is 456 g/mol. The standard InChI is InChI=1S/C26H32N8/c1-2-3-5-14-24-28-25(19-10-6-4-7-11-19)31-34(24)18-21-16-15-20(17-27-21)22-12-8-9-13-23(22)26-29-32-33-30-26/h8-9,12-13,15-17,19H,2-7,10-11,14,18H2,1H3,(H,29,30,32,33). The van der Waals surface area contributed by atoms with Gasteiger partial charge in [-0.25, -0.2) is 14.8 Å². The van der Waals surface area contributed by atoms with E-state index in [4.69, 9.17) is 15.1 Å². The molecule has 0 saturated heterocycles. The van der Waals surface area contributed by atoms with Crippen LogP contribution in [0.3, 0.4) is 0 Å². The van der Waals surface area contributed by atoms with Gasteiger partial charge < -0.3 is 0 Å². The van der Waals surface area contributed by atoms with E-state index < -0.39 is 0 Å². The molecule has 1 aliphatic carbocycles. The van der Waals surface area contributed by atoms with Crippen LogP contribution < -0.4 is 0 Å². The Morgan fingerprint density at radius 2 is 1.85 bits per heavy atom. The van der Waals surface area contributed by atoms with Gasteiger partial charge in [-0.05, 0) is 41.3 Å². The highest BCUT2D eigenvalue weighted by molar-refractivity contribution is 5.79. The minimum atomic E-state index is 0.511. The minimum absolute atomic E-state index is 0.511. The summed E-state index contributed by atoms with van der Waals surface area (Å²) in [6, 6.07) is 12.3. The average molecular weight is 457 g/mol. The fraction of sp³-hybridized carbons (Fsp3) is 0.462. The van der Waals surface area contributed by atoms with Crippen LogP contribution in [-0.2, 0) is 13.0 Å². The van der Waals surface area contributed by atoms with Gasteiger partial charge in [0.15, 0.2) is 11.6 Å². The zero-order valence-electron chi connectivity index (χ0n) is 19.8. The molecule has 3 aromatic heterocycles. The molecule has 0 radical (unpaired) electrons. The molecule has 1 N–H and O–H groups in total. The van der Waals surface area contributed by atoms with Crippen LogP contribution in [0.5, 0.6) is 0 Å². The molecule has 1 aromatic carbocycles. The van der Waals surface area contributed by atoms with E-state index in [1.807, 2.05) is 24.4 Å². The molecule has 34 heavy (non-hydrogen) atoms. The number of hydrogen-bond acceptors (Lipinski definition) is 6. The minimum Gasteiger partial charge on any atom is -0.259 e. The Bertz CT molecular complexity index is 1170. The molecule has 3 heterocycles. The largest absolute Gasteiger partial charge is 0.259 e. The van der Waals surface area contributed by atoms with E-state index in [0.717, 1.165) is 46.9 Å². The zero-order valence-corrected chi connectivity index (χ0v) is 19.8. The number of aromatic nitrogens is 8. The van der Waals surface area contributed by atoms with Crippen LogP contribution in [0.15, 0.2) is 42.6 Å². The summed E-state index contributed by atoms with van der Waals surface area (Å²) in [5.74, 6) is 3.30. The van der Waals surface area contributed by atoms with Crippen molar-refractivity contribution >= 4 is 0 Å². The predicted octanol–water partition coefficient (Wildman–Crippen LogP) is 5.35. The number of pyridine rings is 1. The summed E-state index contributed by atoms with van der Waals surface area (Å²) in [5, 5.41) is 19.3. The lowest BCUT2D eigenvalue weighted by atomic mass is 9.89. The Hall–Kier alpha value is -3.42. The second-order valence-corrected chi connectivity index (χ2v) is 9.17. The van der Waals surface area contributed by atoms with Crippen molar-refractivity contribution in [3.63, 3.8) is 0 Å². The summed E-state index contributed by atoms with van der Waals surface area (Å²) in [7, 11) is 0. The van der Waals surface area contributed by atoms with Gasteiger partial charge in [0.1, 0.15) is 5.82 Å². The van der Waals surface area contributed by atoms with Gasteiger partial charge >= 0.3 is 0 Å². The molecule has 0 aliphatic heterocycles. The third kappa shape index (κ3) is 5.05. The van der Waals surface area contributed by atoms with E-state index >= 15 is 0 Å². The molecule has 1 fully saturated rings.